The number of benzene rings is 2. The third-order valence-electron chi connectivity index (χ3n) is 3.04. The normalized spacial score (nSPS) is 12.2. The van der Waals surface area contributed by atoms with Crippen molar-refractivity contribution >= 4 is 34.8 Å². The summed E-state index contributed by atoms with van der Waals surface area (Å²) in [5.41, 5.74) is 7.52. The Morgan fingerprint density at radius 2 is 1.48 bits per heavy atom. The van der Waals surface area contributed by atoms with Crippen molar-refractivity contribution in [3.8, 4) is 5.75 Å². The second-order valence-electron chi connectivity index (χ2n) is 4.89. The maximum absolute atomic E-state index is 6.23. The standard InChI is InChI=1S/C16H16Cl3NO/c1-10(20)8-11-13(17)6-3-7-16(11)21-9-12-14(18)4-2-5-15(12)19/h2-7,10H,8-9,20H2,1H3. The van der Waals surface area contributed by atoms with Gasteiger partial charge in [0.05, 0.1) is 0 Å². The monoisotopic (exact) mass is 343 g/mol. The SMILES string of the molecule is CC(N)Cc1c(Cl)cccc1OCc1c(Cl)cccc1Cl. The van der Waals surface area contributed by atoms with Crippen molar-refractivity contribution in [2.75, 3.05) is 0 Å². The molecule has 112 valence electrons. The van der Waals surface area contributed by atoms with Crippen LogP contribution in [0.15, 0.2) is 36.4 Å². The van der Waals surface area contributed by atoms with Gasteiger partial charge in [0.1, 0.15) is 12.4 Å². The van der Waals surface area contributed by atoms with Crippen LogP contribution in [0.4, 0.5) is 0 Å². The Morgan fingerprint density at radius 1 is 0.952 bits per heavy atom. The highest BCUT2D eigenvalue weighted by atomic mass is 35.5. The molecule has 2 N–H and O–H groups in total. The lowest BCUT2D eigenvalue weighted by atomic mass is 10.1. The Balaban J connectivity index is 2.22. The van der Waals surface area contributed by atoms with Gasteiger partial charge in [-0.05, 0) is 37.6 Å². The molecule has 0 fully saturated rings. The highest BCUT2D eigenvalue weighted by molar-refractivity contribution is 6.36. The van der Waals surface area contributed by atoms with Crippen LogP contribution in [0.2, 0.25) is 15.1 Å². The number of nitrogens with two attached hydrogens (primary N) is 1. The summed E-state index contributed by atoms with van der Waals surface area (Å²) in [5, 5.41) is 1.81. The van der Waals surface area contributed by atoms with Gasteiger partial charge in [-0.25, -0.2) is 0 Å². The summed E-state index contributed by atoms with van der Waals surface area (Å²) in [7, 11) is 0. The first-order chi connectivity index (χ1) is 9.99. The van der Waals surface area contributed by atoms with Gasteiger partial charge < -0.3 is 10.5 Å². The quantitative estimate of drug-likeness (QED) is 0.817. The third-order valence-corrected chi connectivity index (χ3v) is 4.10. The van der Waals surface area contributed by atoms with Crippen molar-refractivity contribution in [1.82, 2.24) is 0 Å². The lowest BCUT2D eigenvalue weighted by Gasteiger charge is -2.15. The van der Waals surface area contributed by atoms with Crippen molar-refractivity contribution in [2.45, 2.75) is 26.0 Å². The fourth-order valence-corrected chi connectivity index (χ4v) is 2.76. The van der Waals surface area contributed by atoms with E-state index in [9.17, 15) is 0 Å². The molecule has 0 bridgehead atoms. The smallest absolute Gasteiger partial charge is 0.124 e. The Labute approximate surface area is 139 Å². The summed E-state index contributed by atoms with van der Waals surface area (Å²) in [6, 6.07) is 10.9. The summed E-state index contributed by atoms with van der Waals surface area (Å²) in [4.78, 5) is 0. The maximum atomic E-state index is 6.23. The summed E-state index contributed by atoms with van der Waals surface area (Å²) in [6.45, 7) is 2.21. The molecule has 0 amide bonds. The van der Waals surface area contributed by atoms with Crippen molar-refractivity contribution in [2.24, 2.45) is 5.73 Å². The van der Waals surface area contributed by atoms with Crippen molar-refractivity contribution in [1.29, 1.82) is 0 Å². The predicted molar refractivity (Wildman–Crippen MR) is 89.6 cm³/mol. The molecular formula is C16H16Cl3NO. The van der Waals surface area contributed by atoms with Gasteiger partial charge in [0.2, 0.25) is 0 Å². The maximum Gasteiger partial charge on any atom is 0.124 e. The molecule has 1 unspecified atom stereocenters. The second kappa shape index (κ2) is 7.37. The number of hydrogen-bond donors (Lipinski definition) is 1. The van der Waals surface area contributed by atoms with Crippen LogP contribution in [0.3, 0.4) is 0 Å². The number of halogens is 3. The van der Waals surface area contributed by atoms with E-state index in [1.165, 1.54) is 0 Å². The highest BCUT2D eigenvalue weighted by Crippen LogP contribution is 2.30. The van der Waals surface area contributed by atoms with E-state index >= 15 is 0 Å². The van der Waals surface area contributed by atoms with E-state index in [-0.39, 0.29) is 12.6 Å². The minimum atomic E-state index is -0.00356. The van der Waals surface area contributed by atoms with Gasteiger partial charge >= 0.3 is 0 Å². The van der Waals surface area contributed by atoms with Crippen LogP contribution < -0.4 is 10.5 Å². The summed E-state index contributed by atoms with van der Waals surface area (Å²) in [6.07, 6.45) is 0.644. The topological polar surface area (TPSA) is 35.2 Å². The highest BCUT2D eigenvalue weighted by Gasteiger charge is 2.12. The number of ether oxygens (including phenoxy) is 1. The van der Waals surface area contributed by atoms with Crippen LogP contribution >= 0.6 is 34.8 Å². The molecule has 0 aliphatic heterocycles. The van der Waals surface area contributed by atoms with Gasteiger partial charge in [-0.2, -0.15) is 0 Å². The van der Waals surface area contributed by atoms with E-state index in [0.717, 1.165) is 11.1 Å². The molecular weight excluding hydrogens is 329 g/mol. The lowest BCUT2D eigenvalue weighted by Crippen LogP contribution is -2.18. The Bertz CT molecular complexity index is 609. The summed E-state index contributed by atoms with van der Waals surface area (Å²) in [5.74, 6) is 0.704. The zero-order valence-corrected chi connectivity index (χ0v) is 13.8. The van der Waals surface area contributed by atoms with Gasteiger partial charge in [0.15, 0.2) is 0 Å². The minimum Gasteiger partial charge on any atom is -0.488 e. The first-order valence-electron chi connectivity index (χ1n) is 6.57. The van der Waals surface area contributed by atoms with E-state index in [4.69, 9.17) is 45.3 Å². The first-order valence-corrected chi connectivity index (χ1v) is 7.71. The van der Waals surface area contributed by atoms with Crippen LogP contribution in [0.25, 0.3) is 0 Å². The van der Waals surface area contributed by atoms with Crippen LogP contribution in [0, 0.1) is 0 Å². The fraction of sp³-hybridized carbons (Fsp3) is 0.250. The van der Waals surface area contributed by atoms with Crippen LogP contribution in [-0.4, -0.2) is 6.04 Å². The molecule has 0 aliphatic carbocycles. The average Bonchev–Trinajstić information content (AvgIpc) is 2.41. The van der Waals surface area contributed by atoms with E-state index in [2.05, 4.69) is 0 Å². The largest absolute Gasteiger partial charge is 0.488 e. The van der Waals surface area contributed by atoms with Crippen LogP contribution in [0.1, 0.15) is 18.1 Å². The van der Waals surface area contributed by atoms with Gasteiger partial charge in [-0.15, -0.1) is 0 Å². The molecule has 2 aromatic carbocycles. The van der Waals surface area contributed by atoms with Gasteiger partial charge in [0, 0.05) is 32.2 Å². The Morgan fingerprint density at radius 3 is 2.05 bits per heavy atom. The zero-order chi connectivity index (χ0) is 15.4. The molecule has 0 spiro atoms. The molecule has 2 rings (SSSR count). The van der Waals surface area contributed by atoms with E-state index in [1.807, 2.05) is 25.1 Å². The molecule has 1 atom stereocenters. The molecule has 0 saturated heterocycles. The third kappa shape index (κ3) is 4.27. The lowest BCUT2D eigenvalue weighted by molar-refractivity contribution is 0.302. The molecule has 0 aliphatic rings. The number of hydrogen-bond acceptors (Lipinski definition) is 2. The van der Waals surface area contributed by atoms with E-state index in [0.29, 0.717) is 27.2 Å². The van der Waals surface area contributed by atoms with E-state index in [1.54, 1.807) is 18.2 Å². The molecule has 2 aromatic rings. The summed E-state index contributed by atoms with van der Waals surface area (Å²) >= 11 is 18.5. The molecule has 5 heteroatoms. The average molecular weight is 345 g/mol. The van der Waals surface area contributed by atoms with Gasteiger partial charge in [-0.3, -0.25) is 0 Å². The second-order valence-corrected chi connectivity index (χ2v) is 6.11. The summed E-state index contributed by atoms with van der Waals surface area (Å²) < 4.78 is 5.86. The van der Waals surface area contributed by atoms with Gasteiger partial charge in [-0.1, -0.05) is 46.9 Å². The number of rotatable bonds is 5. The van der Waals surface area contributed by atoms with Crippen molar-refractivity contribution < 1.29 is 4.74 Å². The van der Waals surface area contributed by atoms with Crippen molar-refractivity contribution in [3.05, 3.63) is 62.6 Å². The Kier molecular flexibility index (Phi) is 5.77. The fourth-order valence-electron chi connectivity index (χ4n) is 2.01. The molecule has 0 heterocycles. The van der Waals surface area contributed by atoms with Crippen molar-refractivity contribution in [3.63, 3.8) is 0 Å². The molecule has 0 radical (unpaired) electrons. The minimum absolute atomic E-state index is 0.00356. The van der Waals surface area contributed by atoms with Gasteiger partial charge in [0.25, 0.3) is 0 Å². The zero-order valence-electron chi connectivity index (χ0n) is 11.6. The molecule has 21 heavy (non-hydrogen) atoms. The Hall–Kier alpha value is -0.930. The predicted octanol–water partition coefficient (Wildman–Crippen LogP) is 5.12. The van der Waals surface area contributed by atoms with Crippen LogP contribution in [0.5, 0.6) is 5.75 Å². The van der Waals surface area contributed by atoms with E-state index < -0.39 is 0 Å². The molecule has 0 aromatic heterocycles. The molecule has 2 nitrogen and oxygen atoms in total. The first kappa shape index (κ1) is 16.4. The molecule has 0 saturated carbocycles. The van der Waals surface area contributed by atoms with Crippen LogP contribution in [-0.2, 0) is 13.0 Å².